The number of hydrogen-bond donors (Lipinski definition) is 5. The number of aromatic nitrogens is 2. The van der Waals surface area contributed by atoms with Gasteiger partial charge in [0.1, 0.15) is 17.7 Å². The van der Waals surface area contributed by atoms with E-state index in [1.807, 2.05) is 6.92 Å². The van der Waals surface area contributed by atoms with Crippen LogP contribution in [-0.2, 0) is 6.42 Å². The van der Waals surface area contributed by atoms with Gasteiger partial charge in [0.2, 0.25) is 5.91 Å². The van der Waals surface area contributed by atoms with Crippen LogP contribution in [0.1, 0.15) is 45.8 Å². The molecule has 1 heterocycles. The summed E-state index contributed by atoms with van der Waals surface area (Å²) in [5.74, 6) is -0.568. The van der Waals surface area contributed by atoms with Gasteiger partial charge in [0.25, 0.3) is 0 Å². The normalized spacial score (nSPS) is 11.6. The summed E-state index contributed by atoms with van der Waals surface area (Å²) in [6.07, 6.45) is 2.34. The van der Waals surface area contributed by atoms with Crippen LogP contribution >= 0.6 is 0 Å². The van der Waals surface area contributed by atoms with Gasteiger partial charge < -0.3 is 26.5 Å². The number of amides is 1. The van der Waals surface area contributed by atoms with Crippen LogP contribution in [0.4, 0.5) is 10.1 Å². The fourth-order valence-corrected chi connectivity index (χ4v) is 3.99. The molecule has 0 spiro atoms. The third kappa shape index (κ3) is 4.90. The summed E-state index contributed by atoms with van der Waals surface area (Å²) in [4.78, 5) is 19.8. The zero-order valence-electron chi connectivity index (χ0n) is 19.9. The molecule has 0 aliphatic carbocycles. The van der Waals surface area contributed by atoms with Gasteiger partial charge in [-0.1, -0.05) is 31.2 Å². The highest BCUT2D eigenvalue weighted by atomic mass is 19.1. The zero-order chi connectivity index (χ0) is 25.8. The number of nitrogens with two attached hydrogens (primary N) is 2. The minimum Gasteiger partial charge on any atom is -0.494 e. The number of anilines is 1. The van der Waals surface area contributed by atoms with Crippen LogP contribution in [-0.4, -0.2) is 28.8 Å². The molecule has 0 fully saturated rings. The van der Waals surface area contributed by atoms with Crippen LogP contribution < -0.4 is 21.5 Å². The number of carbonyl (C=O) groups excluding carboxylic acids is 1. The fraction of sp³-hybridized carbons (Fsp3) is 0.148. The van der Waals surface area contributed by atoms with Crippen molar-refractivity contribution in [2.45, 2.75) is 19.4 Å². The van der Waals surface area contributed by atoms with Gasteiger partial charge >= 0.3 is 0 Å². The number of methoxy groups -OCH3 is 1. The van der Waals surface area contributed by atoms with E-state index in [0.717, 1.165) is 5.56 Å². The lowest BCUT2D eigenvalue weighted by atomic mass is 10.00. The number of ether oxygens (including phenoxy) is 1. The first kappa shape index (κ1) is 24.5. The first-order chi connectivity index (χ1) is 17.3. The van der Waals surface area contributed by atoms with Crippen LogP contribution in [0.15, 0.2) is 66.9 Å². The second-order valence-corrected chi connectivity index (χ2v) is 8.20. The van der Waals surface area contributed by atoms with E-state index in [1.165, 1.54) is 7.11 Å². The van der Waals surface area contributed by atoms with Crippen molar-refractivity contribution in [3.63, 3.8) is 0 Å². The summed E-state index contributed by atoms with van der Waals surface area (Å²) in [5, 5.41) is 10.9. The third-order valence-corrected chi connectivity index (χ3v) is 5.91. The first-order valence-electron chi connectivity index (χ1n) is 11.3. The highest BCUT2D eigenvalue weighted by Gasteiger charge is 2.25. The summed E-state index contributed by atoms with van der Waals surface area (Å²) in [6.45, 7) is 1.98. The second-order valence-electron chi connectivity index (χ2n) is 8.20. The largest absolute Gasteiger partial charge is 0.494 e. The maximum absolute atomic E-state index is 15.6. The SMILES string of the molecule is CCc1cc(OC)c(F)c(C(Nc2ccc(C(=N)N)cc2)c2nc(-c3ccccc3C(N)=O)c[nH]2)c1. The molecule has 0 radical (unpaired) electrons. The highest BCUT2D eigenvalue weighted by Crippen LogP contribution is 2.34. The minimum atomic E-state index is -0.733. The van der Waals surface area contributed by atoms with Crippen molar-refractivity contribution in [2.24, 2.45) is 11.5 Å². The molecule has 0 saturated carbocycles. The Morgan fingerprint density at radius 3 is 2.53 bits per heavy atom. The summed E-state index contributed by atoms with van der Waals surface area (Å²) in [5.41, 5.74) is 15.0. The van der Waals surface area contributed by atoms with E-state index in [2.05, 4.69) is 10.3 Å². The van der Waals surface area contributed by atoms with Crippen molar-refractivity contribution in [3.8, 4) is 17.0 Å². The summed E-state index contributed by atoms with van der Waals surface area (Å²) < 4.78 is 20.9. The predicted octanol–water partition coefficient (Wildman–Crippen LogP) is 4.37. The number of nitrogens with one attached hydrogen (secondary N) is 3. The van der Waals surface area contributed by atoms with Gasteiger partial charge in [0, 0.05) is 34.1 Å². The summed E-state index contributed by atoms with van der Waals surface area (Å²) in [7, 11) is 1.43. The molecule has 7 N–H and O–H groups in total. The van der Waals surface area contributed by atoms with E-state index in [4.69, 9.17) is 26.6 Å². The monoisotopic (exact) mass is 486 g/mol. The molecule has 0 aliphatic heterocycles. The molecule has 184 valence electrons. The van der Waals surface area contributed by atoms with Crippen molar-refractivity contribution in [3.05, 3.63) is 101 Å². The Bertz CT molecular complexity index is 1410. The standard InChI is InChI=1S/C27H27FN6O2/c1-3-15-12-20(23(28)22(13-15)36-2)24(33-17-10-8-16(9-11-17)25(29)30)27-32-14-21(34-27)18-6-4-5-7-19(18)26(31)35/h4-14,24,33H,3H2,1-2H3,(H3,29,30)(H2,31,35)(H,32,34). The summed E-state index contributed by atoms with van der Waals surface area (Å²) in [6, 6.07) is 16.6. The van der Waals surface area contributed by atoms with E-state index in [9.17, 15) is 4.79 Å². The van der Waals surface area contributed by atoms with Crippen LogP contribution in [0.5, 0.6) is 5.75 Å². The van der Waals surface area contributed by atoms with Crippen LogP contribution in [0, 0.1) is 11.2 Å². The molecule has 36 heavy (non-hydrogen) atoms. The maximum Gasteiger partial charge on any atom is 0.249 e. The quantitative estimate of drug-likeness (QED) is 0.176. The molecular weight excluding hydrogens is 459 g/mol. The Morgan fingerprint density at radius 1 is 1.17 bits per heavy atom. The molecule has 1 atom stereocenters. The molecule has 1 aromatic heterocycles. The average Bonchev–Trinajstić information content (AvgIpc) is 3.38. The number of amidine groups is 1. The number of hydrogen-bond acceptors (Lipinski definition) is 5. The molecule has 0 bridgehead atoms. The number of imidazole rings is 1. The predicted molar refractivity (Wildman–Crippen MR) is 138 cm³/mol. The Hall–Kier alpha value is -4.66. The fourth-order valence-electron chi connectivity index (χ4n) is 3.99. The molecule has 1 amide bonds. The van der Waals surface area contributed by atoms with Crippen molar-refractivity contribution in [1.29, 1.82) is 5.41 Å². The Kier molecular flexibility index (Phi) is 7.00. The van der Waals surface area contributed by atoms with Crippen molar-refractivity contribution in [1.82, 2.24) is 9.97 Å². The topological polar surface area (TPSA) is 143 Å². The molecule has 9 heteroatoms. The lowest BCUT2D eigenvalue weighted by Gasteiger charge is -2.21. The third-order valence-electron chi connectivity index (χ3n) is 5.91. The average molecular weight is 487 g/mol. The number of aryl methyl sites for hydroxylation is 1. The smallest absolute Gasteiger partial charge is 0.249 e. The van der Waals surface area contributed by atoms with Gasteiger partial charge in [0.05, 0.1) is 12.8 Å². The lowest BCUT2D eigenvalue weighted by Crippen LogP contribution is -2.17. The number of carbonyl (C=O) groups is 1. The van der Waals surface area contributed by atoms with Gasteiger partial charge in [-0.3, -0.25) is 10.2 Å². The number of primary amides is 1. The van der Waals surface area contributed by atoms with E-state index in [1.54, 1.807) is 66.9 Å². The molecule has 8 nitrogen and oxygen atoms in total. The molecular formula is C27H27FN6O2. The van der Waals surface area contributed by atoms with Crippen LogP contribution in [0.2, 0.25) is 0 Å². The number of rotatable bonds is 9. The number of aromatic amines is 1. The molecule has 3 aromatic carbocycles. The first-order valence-corrected chi connectivity index (χ1v) is 11.3. The molecule has 1 unspecified atom stereocenters. The van der Waals surface area contributed by atoms with Gasteiger partial charge in [0.15, 0.2) is 11.6 Å². The minimum absolute atomic E-state index is 0.0479. The Balaban J connectivity index is 1.83. The van der Waals surface area contributed by atoms with Gasteiger partial charge in [-0.05, 0) is 48.4 Å². The molecule has 4 aromatic rings. The Labute approximate surface area is 208 Å². The van der Waals surface area contributed by atoms with E-state index in [0.29, 0.717) is 45.9 Å². The lowest BCUT2D eigenvalue weighted by molar-refractivity contribution is 0.100. The summed E-state index contributed by atoms with van der Waals surface area (Å²) >= 11 is 0. The second kappa shape index (κ2) is 10.3. The highest BCUT2D eigenvalue weighted by molar-refractivity contribution is 5.99. The van der Waals surface area contributed by atoms with Crippen molar-refractivity contribution < 1.29 is 13.9 Å². The number of halogens is 1. The molecule has 0 saturated heterocycles. The number of nitrogen functional groups attached to an aromatic ring is 1. The van der Waals surface area contributed by atoms with Crippen LogP contribution in [0.3, 0.4) is 0 Å². The zero-order valence-corrected chi connectivity index (χ0v) is 19.9. The van der Waals surface area contributed by atoms with Gasteiger partial charge in [-0.25, -0.2) is 9.37 Å². The van der Waals surface area contributed by atoms with E-state index < -0.39 is 17.8 Å². The van der Waals surface area contributed by atoms with Crippen LogP contribution in [0.25, 0.3) is 11.3 Å². The van der Waals surface area contributed by atoms with E-state index in [-0.39, 0.29) is 11.6 Å². The van der Waals surface area contributed by atoms with Gasteiger partial charge in [-0.2, -0.15) is 0 Å². The maximum atomic E-state index is 15.6. The number of nitrogens with zero attached hydrogens (tertiary/aromatic N) is 1. The molecule has 0 aliphatic rings. The van der Waals surface area contributed by atoms with Crippen molar-refractivity contribution in [2.75, 3.05) is 12.4 Å². The van der Waals surface area contributed by atoms with Crippen molar-refractivity contribution >= 4 is 17.4 Å². The number of H-pyrrole nitrogens is 1. The Morgan fingerprint density at radius 2 is 1.89 bits per heavy atom. The molecule has 4 rings (SSSR count). The van der Waals surface area contributed by atoms with E-state index >= 15 is 4.39 Å². The van der Waals surface area contributed by atoms with Gasteiger partial charge in [-0.15, -0.1) is 0 Å². The number of benzene rings is 3.